The highest BCUT2D eigenvalue weighted by atomic mass is 19.4. The molecule has 1 N–H and O–H groups in total. The first kappa shape index (κ1) is 29.3. The van der Waals surface area contributed by atoms with Gasteiger partial charge in [0.25, 0.3) is 5.56 Å². The van der Waals surface area contributed by atoms with E-state index in [0.717, 1.165) is 12.5 Å². The summed E-state index contributed by atoms with van der Waals surface area (Å²) in [7, 11) is 0. The van der Waals surface area contributed by atoms with Crippen LogP contribution in [0.3, 0.4) is 0 Å². The molecule has 1 amide bonds. The molecule has 2 aliphatic heterocycles. The molecule has 0 spiro atoms. The summed E-state index contributed by atoms with van der Waals surface area (Å²) in [4.78, 5) is 41.3. The number of aromatic nitrogens is 1. The third-order valence-electron chi connectivity index (χ3n) is 8.91. The molecule has 1 aromatic carbocycles. The summed E-state index contributed by atoms with van der Waals surface area (Å²) in [6.45, 7) is 5.30. The number of halogens is 3. The quantitative estimate of drug-likeness (QED) is 0.524. The van der Waals surface area contributed by atoms with E-state index in [4.69, 9.17) is 9.47 Å². The first-order valence-electron chi connectivity index (χ1n) is 14.2. The maximum atomic E-state index is 14.3. The smallest absolute Gasteiger partial charge is 0.416 e. The van der Waals surface area contributed by atoms with E-state index in [1.54, 1.807) is 37.3 Å². The second-order valence-electron chi connectivity index (χ2n) is 11.6. The number of hydrogen-bond donors (Lipinski definition) is 1. The van der Waals surface area contributed by atoms with E-state index in [-0.39, 0.29) is 43.3 Å². The Hall–Kier alpha value is -3.18. The Morgan fingerprint density at radius 3 is 2.61 bits per heavy atom. The van der Waals surface area contributed by atoms with Gasteiger partial charge in [0.2, 0.25) is 5.91 Å². The van der Waals surface area contributed by atoms with Crippen LogP contribution in [0.5, 0.6) is 0 Å². The fourth-order valence-electron chi connectivity index (χ4n) is 6.48. The molecule has 11 heteroatoms. The highest BCUT2D eigenvalue weighted by molar-refractivity contribution is 5.90. The van der Waals surface area contributed by atoms with E-state index in [2.05, 4.69) is 12.2 Å². The summed E-state index contributed by atoms with van der Waals surface area (Å²) >= 11 is 0. The molecule has 5 atom stereocenters. The zero-order chi connectivity index (χ0) is 29.4. The molecule has 5 rings (SSSR count). The molecule has 8 nitrogen and oxygen atoms in total. The minimum absolute atomic E-state index is 0.00101. The maximum absolute atomic E-state index is 14.3. The third kappa shape index (κ3) is 6.06. The van der Waals surface area contributed by atoms with Crippen LogP contribution in [0.2, 0.25) is 0 Å². The fourth-order valence-corrected chi connectivity index (χ4v) is 6.48. The van der Waals surface area contributed by atoms with Crippen LogP contribution in [0.15, 0.2) is 47.3 Å². The highest BCUT2D eigenvalue weighted by Crippen LogP contribution is 2.45. The van der Waals surface area contributed by atoms with Gasteiger partial charge >= 0.3 is 12.1 Å². The number of amides is 1. The summed E-state index contributed by atoms with van der Waals surface area (Å²) < 4.78 is 53.1. The monoisotopic (exact) mass is 575 g/mol. The van der Waals surface area contributed by atoms with E-state index in [9.17, 15) is 27.6 Å². The number of rotatable bonds is 6. The summed E-state index contributed by atoms with van der Waals surface area (Å²) in [5, 5.41) is 3.71. The average Bonchev–Trinajstić information content (AvgIpc) is 3.38. The predicted molar refractivity (Wildman–Crippen MR) is 144 cm³/mol. The number of benzene rings is 1. The number of esters is 1. The molecular weight excluding hydrogens is 539 g/mol. The van der Waals surface area contributed by atoms with Crippen molar-refractivity contribution in [2.45, 2.75) is 77.0 Å². The topological polar surface area (TPSA) is 89.9 Å². The lowest BCUT2D eigenvalue weighted by atomic mass is 9.78. The molecule has 1 aromatic heterocycles. The minimum Gasteiger partial charge on any atom is -0.458 e. The SMILES string of the molecule is CC(OC(=O)c1ccccc1)[C@]1(C(=O)N2CCn3c(cc(C(F)(F)F)cc3=O)C2)CC[C@@H](N[C@@H]2CCOC[C@@H]2C)C1. The highest BCUT2D eigenvalue weighted by Gasteiger charge is 2.53. The maximum Gasteiger partial charge on any atom is 0.416 e. The minimum atomic E-state index is -4.67. The molecule has 3 aliphatic rings. The second-order valence-corrected chi connectivity index (χ2v) is 11.6. The molecule has 2 aromatic rings. The molecule has 0 radical (unpaired) electrons. The van der Waals surface area contributed by atoms with Crippen LogP contribution in [0.25, 0.3) is 0 Å². The van der Waals surface area contributed by atoms with E-state index in [1.807, 2.05) is 0 Å². The van der Waals surface area contributed by atoms with E-state index in [0.29, 0.717) is 50.0 Å². The van der Waals surface area contributed by atoms with Crippen LogP contribution in [0.4, 0.5) is 13.2 Å². The summed E-state index contributed by atoms with van der Waals surface area (Å²) in [5.74, 6) is -0.501. The number of nitrogens with zero attached hydrogens (tertiary/aromatic N) is 2. The van der Waals surface area contributed by atoms with Gasteiger partial charge < -0.3 is 24.3 Å². The molecule has 0 bridgehead atoms. The van der Waals surface area contributed by atoms with Crippen LogP contribution in [0, 0.1) is 11.3 Å². The summed E-state index contributed by atoms with van der Waals surface area (Å²) in [5.41, 5.74) is -2.33. The Bertz CT molecular complexity index is 1330. The van der Waals surface area contributed by atoms with Crippen molar-refractivity contribution in [1.29, 1.82) is 0 Å². The number of alkyl halides is 3. The predicted octanol–water partition coefficient (Wildman–Crippen LogP) is 4.01. The zero-order valence-electron chi connectivity index (χ0n) is 23.3. The molecule has 41 heavy (non-hydrogen) atoms. The van der Waals surface area contributed by atoms with Crippen molar-refractivity contribution in [3.63, 3.8) is 0 Å². The Morgan fingerprint density at radius 2 is 1.90 bits per heavy atom. The number of pyridine rings is 1. The Balaban J connectivity index is 1.41. The van der Waals surface area contributed by atoms with Crippen molar-refractivity contribution in [1.82, 2.24) is 14.8 Å². The molecule has 3 heterocycles. The number of hydrogen-bond acceptors (Lipinski definition) is 6. The average molecular weight is 576 g/mol. The van der Waals surface area contributed by atoms with Crippen LogP contribution >= 0.6 is 0 Å². The fraction of sp³-hybridized carbons (Fsp3) is 0.567. The van der Waals surface area contributed by atoms with Gasteiger partial charge in [0, 0.05) is 43.5 Å². The van der Waals surface area contributed by atoms with Gasteiger partial charge in [-0.25, -0.2) is 4.79 Å². The van der Waals surface area contributed by atoms with Gasteiger partial charge in [-0.05, 0) is 56.7 Å². The summed E-state index contributed by atoms with van der Waals surface area (Å²) in [6, 6.07) is 10.3. The Labute approximate surface area is 236 Å². The molecule has 1 saturated carbocycles. The van der Waals surface area contributed by atoms with E-state index in [1.165, 1.54) is 9.47 Å². The first-order chi connectivity index (χ1) is 19.5. The van der Waals surface area contributed by atoms with Gasteiger partial charge in [0.1, 0.15) is 6.10 Å². The van der Waals surface area contributed by atoms with Crippen molar-refractivity contribution in [3.05, 3.63) is 69.6 Å². The Morgan fingerprint density at radius 1 is 1.15 bits per heavy atom. The lowest BCUT2D eigenvalue weighted by Crippen LogP contribution is -2.53. The molecule has 1 aliphatic carbocycles. The summed E-state index contributed by atoms with van der Waals surface area (Å²) in [6.07, 6.45) is -3.04. The lowest BCUT2D eigenvalue weighted by Gasteiger charge is -2.40. The van der Waals surface area contributed by atoms with Gasteiger partial charge in [-0.3, -0.25) is 9.59 Å². The first-order valence-corrected chi connectivity index (χ1v) is 14.2. The van der Waals surface area contributed by atoms with Crippen molar-refractivity contribution < 1.29 is 32.2 Å². The zero-order valence-corrected chi connectivity index (χ0v) is 23.3. The number of carbonyl (C=O) groups is 2. The Kier molecular flexibility index (Phi) is 8.29. The van der Waals surface area contributed by atoms with Crippen LogP contribution in [-0.4, -0.2) is 59.3 Å². The van der Waals surface area contributed by atoms with Crippen LogP contribution in [0.1, 0.15) is 61.1 Å². The van der Waals surface area contributed by atoms with Crippen molar-refractivity contribution in [3.8, 4) is 0 Å². The van der Waals surface area contributed by atoms with Crippen LogP contribution in [-0.2, 0) is 33.5 Å². The molecule has 1 unspecified atom stereocenters. The van der Waals surface area contributed by atoms with Gasteiger partial charge in [0.05, 0.1) is 29.7 Å². The third-order valence-corrected chi connectivity index (χ3v) is 8.91. The van der Waals surface area contributed by atoms with Crippen LogP contribution < -0.4 is 10.9 Å². The normalized spacial score (nSPS) is 27.2. The molecule has 222 valence electrons. The van der Waals surface area contributed by atoms with Crippen molar-refractivity contribution >= 4 is 11.9 Å². The second kappa shape index (κ2) is 11.6. The molecule has 1 saturated heterocycles. The van der Waals surface area contributed by atoms with Gasteiger partial charge in [-0.2, -0.15) is 13.2 Å². The van der Waals surface area contributed by atoms with E-state index >= 15 is 0 Å². The van der Waals surface area contributed by atoms with Gasteiger partial charge in [-0.1, -0.05) is 25.1 Å². The number of carbonyl (C=O) groups excluding carboxylic acids is 2. The standard InChI is InChI=1S/C30H36F3N3O5/c1-19-18-40-13-9-25(19)34-23-8-10-29(16-23,20(2)41-27(38)21-6-4-3-5-7-21)28(39)35-11-12-36-24(17-35)14-22(15-26(36)37)30(31,32)33/h3-7,14-15,19-20,23,25,34H,8-13,16-18H2,1-2H3/t19-,20?,23+,25+,29-/m0/s1. The molecular formula is C30H36F3N3O5. The number of fused-ring (bicyclic) bond motifs is 1. The van der Waals surface area contributed by atoms with Crippen molar-refractivity contribution in [2.75, 3.05) is 19.8 Å². The van der Waals surface area contributed by atoms with Crippen molar-refractivity contribution in [2.24, 2.45) is 11.3 Å². The lowest BCUT2D eigenvalue weighted by molar-refractivity contribution is -0.150. The molecule has 2 fully saturated rings. The van der Waals surface area contributed by atoms with Gasteiger partial charge in [-0.15, -0.1) is 0 Å². The number of ether oxygens (including phenoxy) is 2. The largest absolute Gasteiger partial charge is 0.458 e. The number of nitrogens with one attached hydrogen (secondary N) is 1. The van der Waals surface area contributed by atoms with E-state index < -0.39 is 34.8 Å². The van der Waals surface area contributed by atoms with Gasteiger partial charge in [0.15, 0.2) is 0 Å².